The second-order valence-electron chi connectivity index (χ2n) is 5.50. The van der Waals surface area contributed by atoms with Crippen LogP contribution in [0.4, 0.5) is 0 Å². The summed E-state index contributed by atoms with van der Waals surface area (Å²) in [6.07, 6.45) is 1.65. The number of benzene rings is 1. The second-order valence-corrected chi connectivity index (χ2v) is 5.50. The maximum absolute atomic E-state index is 9.23. The van der Waals surface area contributed by atoms with Crippen LogP contribution in [0.25, 0.3) is 0 Å². The van der Waals surface area contributed by atoms with Gasteiger partial charge in [0, 0.05) is 11.8 Å². The molecule has 0 bridgehead atoms. The highest BCUT2D eigenvalue weighted by Crippen LogP contribution is 2.27. The third kappa shape index (κ3) is 3.32. The first kappa shape index (κ1) is 13.6. The molecule has 0 radical (unpaired) electrons. The van der Waals surface area contributed by atoms with E-state index in [1.165, 1.54) is 5.56 Å². The van der Waals surface area contributed by atoms with Crippen LogP contribution in [-0.2, 0) is 12.0 Å². The van der Waals surface area contributed by atoms with Crippen LogP contribution in [0.1, 0.15) is 31.9 Å². The van der Waals surface area contributed by atoms with E-state index in [2.05, 4.69) is 37.9 Å². The van der Waals surface area contributed by atoms with Gasteiger partial charge in [-0.25, -0.2) is 4.98 Å². The first-order chi connectivity index (χ1) is 9.00. The van der Waals surface area contributed by atoms with Crippen LogP contribution in [0.2, 0.25) is 0 Å². The van der Waals surface area contributed by atoms with Crippen molar-refractivity contribution < 1.29 is 9.84 Å². The Morgan fingerprint density at radius 3 is 2.37 bits per heavy atom. The Balaban J connectivity index is 2.20. The van der Waals surface area contributed by atoms with E-state index in [4.69, 9.17) is 4.74 Å². The summed E-state index contributed by atoms with van der Waals surface area (Å²) in [6.45, 7) is 6.44. The van der Waals surface area contributed by atoms with Gasteiger partial charge in [0.25, 0.3) is 0 Å². The van der Waals surface area contributed by atoms with Gasteiger partial charge >= 0.3 is 0 Å². The molecular weight excluding hydrogens is 238 g/mol. The number of aliphatic hydroxyl groups excluding tert-OH is 1. The van der Waals surface area contributed by atoms with Gasteiger partial charge in [0.2, 0.25) is 5.88 Å². The summed E-state index contributed by atoms with van der Waals surface area (Å²) in [5.74, 6) is 1.18. The number of rotatable bonds is 3. The summed E-state index contributed by atoms with van der Waals surface area (Å²) in [7, 11) is 0. The Labute approximate surface area is 113 Å². The fourth-order valence-corrected chi connectivity index (χ4v) is 1.77. The third-order valence-corrected chi connectivity index (χ3v) is 2.96. The maximum Gasteiger partial charge on any atom is 0.224 e. The van der Waals surface area contributed by atoms with Crippen LogP contribution in [0.3, 0.4) is 0 Å². The van der Waals surface area contributed by atoms with E-state index in [1.807, 2.05) is 12.1 Å². The molecular formula is C16H19NO2. The molecule has 1 heterocycles. The van der Waals surface area contributed by atoms with E-state index in [0.29, 0.717) is 11.4 Å². The highest BCUT2D eigenvalue weighted by molar-refractivity contribution is 5.35. The first-order valence-corrected chi connectivity index (χ1v) is 6.34. The molecule has 19 heavy (non-hydrogen) atoms. The Hall–Kier alpha value is -1.87. The average molecular weight is 257 g/mol. The molecule has 0 atom stereocenters. The Morgan fingerprint density at radius 1 is 1.11 bits per heavy atom. The van der Waals surface area contributed by atoms with Crippen LogP contribution >= 0.6 is 0 Å². The standard InChI is InChI=1S/C16H19NO2/c1-16(2,3)13-6-8-14(9-7-13)19-15-12(11-18)5-4-10-17-15/h4-10,18H,11H2,1-3H3. The molecule has 0 aliphatic carbocycles. The molecule has 3 nitrogen and oxygen atoms in total. The highest BCUT2D eigenvalue weighted by atomic mass is 16.5. The van der Waals surface area contributed by atoms with Crippen molar-refractivity contribution in [2.45, 2.75) is 32.8 Å². The van der Waals surface area contributed by atoms with Crippen LogP contribution in [-0.4, -0.2) is 10.1 Å². The summed E-state index contributed by atoms with van der Waals surface area (Å²) in [5, 5.41) is 9.23. The summed E-state index contributed by atoms with van der Waals surface area (Å²) in [4.78, 5) is 4.13. The minimum absolute atomic E-state index is 0.0801. The number of hydrogen-bond donors (Lipinski definition) is 1. The molecule has 0 saturated heterocycles. The Morgan fingerprint density at radius 2 is 1.79 bits per heavy atom. The fourth-order valence-electron chi connectivity index (χ4n) is 1.77. The minimum atomic E-state index is -0.0801. The molecule has 2 rings (SSSR count). The van der Waals surface area contributed by atoms with E-state index in [-0.39, 0.29) is 12.0 Å². The average Bonchev–Trinajstić information content (AvgIpc) is 2.39. The van der Waals surface area contributed by atoms with Crippen LogP contribution in [0.5, 0.6) is 11.6 Å². The summed E-state index contributed by atoms with van der Waals surface area (Å²) < 4.78 is 5.70. The molecule has 2 aromatic rings. The minimum Gasteiger partial charge on any atom is -0.439 e. The van der Waals surface area contributed by atoms with Crippen molar-refractivity contribution in [3.05, 3.63) is 53.7 Å². The number of aromatic nitrogens is 1. The number of aliphatic hydroxyl groups is 1. The van der Waals surface area contributed by atoms with Crippen molar-refractivity contribution >= 4 is 0 Å². The van der Waals surface area contributed by atoms with Gasteiger partial charge in [0.1, 0.15) is 5.75 Å². The maximum atomic E-state index is 9.23. The topological polar surface area (TPSA) is 42.4 Å². The second kappa shape index (κ2) is 5.41. The molecule has 0 aliphatic heterocycles. The first-order valence-electron chi connectivity index (χ1n) is 6.34. The van der Waals surface area contributed by atoms with Crippen molar-refractivity contribution in [3.8, 4) is 11.6 Å². The van der Waals surface area contributed by atoms with Crippen molar-refractivity contribution in [1.82, 2.24) is 4.98 Å². The van der Waals surface area contributed by atoms with Gasteiger partial charge in [0.05, 0.1) is 6.61 Å². The molecule has 0 fully saturated rings. The van der Waals surface area contributed by atoms with Gasteiger partial charge in [-0.05, 0) is 35.2 Å². The molecule has 0 saturated carbocycles. The summed E-state index contributed by atoms with van der Waals surface area (Å²) >= 11 is 0. The lowest BCUT2D eigenvalue weighted by atomic mass is 9.87. The molecule has 3 heteroatoms. The predicted molar refractivity (Wildman–Crippen MR) is 75.4 cm³/mol. The highest BCUT2D eigenvalue weighted by Gasteiger charge is 2.13. The number of pyridine rings is 1. The zero-order chi connectivity index (χ0) is 13.9. The van der Waals surface area contributed by atoms with E-state index >= 15 is 0 Å². The van der Waals surface area contributed by atoms with Crippen LogP contribution < -0.4 is 4.74 Å². The van der Waals surface area contributed by atoms with Gasteiger partial charge in [0.15, 0.2) is 0 Å². The zero-order valence-electron chi connectivity index (χ0n) is 11.6. The zero-order valence-corrected chi connectivity index (χ0v) is 11.6. The van der Waals surface area contributed by atoms with Crippen LogP contribution in [0.15, 0.2) is 42.6 Å². The Kier molecular flexibility index (Phi) is 3.86. The molecule has 1 aromatic carbocycles. The lowest BCUT2D eigenvalue weighted by molar-refractivity contribution is 0.275. The van der Waals surface area contributed by atoms with Crippen LogP contribution in [0, 0.1) is 0 Å². The molecule has 100 valence electrons. The van der Waals surface area contributed by atoms with Gasteiger partial charge in [-0.15, -0.1) is 0 Å². The van der Waals surface area contributed by atoms with E-state index in [0.717, 1.165) is 5.75 Å². The van der Waals surface area contributed by atoms with Crippen molar-refractivity contribution in [2.24, 2.45) is 0 Å². The van der Waals surface area contributed by atoms with Gasteiger partial charge in [-0.2, -0.15) is 0 Å². The SMILES string of the molecule is CC(C)(C)c1ccc(Oc2ncccc2CO)cc1. The lowest BCUT2D eigenvalue weighted by Gasteiger charge is -2.19. The van der Waals surface area contributed by atoms with Crippen molar-refractivity contribution in [1.29, 1.82) is 0 Å². The van der Waals surface area contributed by atoms with E-state index in [1.54, 1.807) is 18.3 Å². The molecule has 1 N–H and O–H groups in total. The van der Waals surface area contributed by atoms with E-state index in [9.17, 15) is 5.11 Å². The summed E-state index contributed by atoms with van der Waals surface area (Å²) in [6, 6.07) is 11.5. The molecule has 0 unspecified atom stereocenters. The monoisotopic (exact) mass is 257 g/mol. The Bertz CT molecular complexity index is 541. The number of nitrogens with zero attached hydrogens (tertiary/aromatic N) is 1. The molecule has 0 spiro atoms. The largest absolute Gasteiger partial charge is 0.439 e. The normalized spacial score (nSPS) is 11.4. The third-order valence-electron chi connectivity index (χ3n) is 2.96. The van der Waals surface area contributed by atoms with E-state index < -0.39 is 0 Å². The molecule has 0 amide bonds. The predicted octanol–water partition coefficient (Wildman–Crippen LogP) is 3.66. The number of hydrogen-bond acceptors (Lipinski definition) is 3. The van der Waals surface area contributed by atoms with Gasteiger partial charge in [-0.3, -0.25) is 0 Å². The summed E-state index contributed by atoms with van der Waals surface area (Å²) in [5.41, 5.74) is 2.06. The molecule has 1 aromatic heterocycles. The lowest BCUT2D eigenvalue weighted by Crippen LogP contribution is -2.10. The van der Waals surface area contributed by atoms with Gasteiger partial charge in [-0.1, -0.05) is 32.9 Å². The fraction of sp³-hybridized carbons (Fsp3) is 0.312. The van der Waals surface area contributed by atoms with Gasteiger partial charge < -0.3 is 9.84 Å². The smallest absolute Gasteiger partial charge is 0.224 e. The molecule has 0 aliphatic rings. The van der Waals surface area contributed by atoms with Crippen molar-refractivity contribution in [3.63, 3.8) is 0 Å². The van der Waals surface area contributed by atoms with Crippen molar-refractivity contribution in [2.75, 3.05) is 0 Å². The quantitative estimate of drug-likeness (QED) is 0.912. The number of ether oxygens (including phenoxy) is 1.